The van der Waals surface area contributed by atoms with Gasteiger partial charge in [0.05, 0.1) is 0 Å². The second-order valence-corrected chi connectivity index (χ2v) is 6.58. The molecule has 7 heteroatoms. The molecule has 1 N–H and O–H groups in total. The van der Waals surface area contributed by atoms with E-state index in [-0.39, 0.29) is 0 Å². The molecule has 4 heterocycles. The first kappa shape index (κ1) is 13.7. The summed E-state index contributed by atoms with van der Waals surface area (Å²) in [7, 11) is 0. The predicted molar refractivity (Wildman–Crippen MR) is 91.2 cm³/mol. The summed E-state index contributed by atoms with van der Waals surface area (Å²) in [6, 6.07) is 6.36. The summed E-state index contributed by atoms with van der Waals surface area (Å²) in [5, 5.41) is 8.05. The van der Waals surface area contributed by atoms with Crippen molar-refractivity contribution in [3.63, 3.8) is 0 Å². The Labute approximate surface area is 139 Å². The molecule has 1 unspecified atom stereocenters. The molecule has 1 atom stereocenters. The summed E-state index contributed by atoms with van der Waals surface area (Å²) in [6.07, 6.45) is 9.10. The molecule has 0 bridgehead atoms. The lowest BCUT2D eigenvalue weighted by Crippen LogP contribution is -2.27. The zero-order chi connectivity index (χ0) is 15.9. The van der Waals surface area contributed by atoms with Crippen LogP contribution in [0.25, 0.3) is 5.65 Å². The van der Waals surface area contributed by atoms with Crippen LogP contribution in [0.1, 0.15) is 30.9 Å². The third kappa shape index (κ3) is 2.55. The molecular formula is C17H19N7. The Balaban J connectivity index is 1.28. The van der Waals surface area contributed by atoms with Gasteiger partial charge in [-0.25, -0.2) is 19.5 Å². The van der Waals surface area contributed by atoms with Gasteiger partial charge in [0, 0.05) is 49.3 Å². The molecule has 0 aromatic carbocycles. The van der Waals surface area contributed by atoms with Crippen molar-refractivity contribution in [1.82, 2.24) is 24.6 Å². The minimum Gasteiger partial charge on any atom is -0.364 e. The van der Waals surface area contributed by atoms with Gasteiger partial charge in [-0.05, 0) is 37.5 Å². The Morgan fingerprint density at radius 1 is 1.04 bits per heavy atom. The van der Waals surface area contributed by atoms with Gasteiger partial charge >= 0.3 is 0 Å². The average molecular weight is 321 g/mol. The first-order valence-electron chi connectivity index (χ1n) is 8.50. The van der Waals surface area contributed by atoms with Gasteiger partial charge in [0.15, 0.2) is 5.65 Å². The third-order valence-electron chi connectivity index (χ3n) is 4.74. The van der Waals surface area contributed by atoms with Gasteiger partial charge in [0.2, 0.25) is 5.95 Å². The summed E-state index contributed by atoms with van der Waals surface area (Å²) in [6.45, 7) is 1.87. The van der Waals surface area contributed by atoms with Crippen molar-refractivity contribution in [2.24, 2.45) is 0 Å². The molecule has 1 saturated heterocycles. The Morgan fingerprint density at radius 2 is 2.00 bits per heavy atom. The Kier molecular flexibility index (Phi) is 3.11. The summed E-state index contributed by atoms with van der Waals surface area (Å²) in [5.41, 5.74) is 2.06. The van der Waals surface area contributed by atoms with Crippen molar-refractivity contribution in [1.29, 1.82) is 0 Å². The number of nitrogens with zero attached hydrogens (tertiary/aromatic N) is 6. The highest BCUT2D eigenvalue weighted by Gasteiger charge is 2.28. The van der Waals surface area contributed by atoms with E-state index in [1.54, 1.807) is 10.7 Å². The van der Waals surface area contributed by atoms with Crippen molar-refractivity contribution in [2.75, 3.05) is 23.3 Å². The maximum absolute atomic E-state index is 4.75. The summed E-state index contributed by atoms with van der Waals surface area (Å²) in [4.78, 5) is 15.7. The molecular weight excluding hydrogens is 302 g/mol. The average Bonchev–Trinajstić information content (AvgIpc) is 3.18. The largest absolute Gasteiger partial charge is 0.364 e. The Hall–Kier alpha value is -2.70. The molecule has 3 aromatic heterocycles. The highest BCUT2D eigenvalue weighted by atomic mass is 15.3. The van der Waals surface area contributed by atoms with Crippen LogP contribution in [0.2, 0.25) is 0 Å². The third-order valence-corrected chi connectivity index (χ3v) is 4.74. The number of fused-ring (bicyclic) bond motifs is 1. The Bertz CT molecular complexity index is 870. The normalized spacial score (nSPS) is 20.7. The molecule has 2 fully saturated rings. The fourth-order valence-corrected chi connectivity index (χ4v) is 3.28. The first-order chi connectivity index (χ1) is 11.8. The molecule has 0 amide bonds. The fourth-order valence-electron chi connectivity index (χ4n) is 3.28. The van der Waals surface area contributed by atoms with E-state index in [4.69, 9.17) is 4.98 Å². The number of hydrogen-bond donors (Lipinski definition) is 1. The lowest BCUT2D eigenvalue weighted by atomic mass is 10.2. The SMILES string of the molecule is c1cc(C2CC2)nc(N2CCC(Nc3ccc4nccn4n3)C2)n1. The lowest BCUT2D eigenvalue weighted by Gasteiger charge is -2.17. The smallest absolute Gasteiger partial charge is 0.225 e. The monoisotopic (exact) mass is 321 g/mol. The van der Waals surface area contributed by atoms with Crippen LogP contribution in [0, 0.1) is 0 Å². The van der Waals surface area contributed by atoms with Crippen molar-refractivity contribution in [3.05, 3.63) is 42.5 Å². The minimum absolute atomic E-state index is 0.353. The molecule has 5 rings (SSSR count). The van der Waals surface area contributed by atoms with Crippen molar-refractivity contribution in [3.8, 4) is 0 Å². The van der Waals surface area contributed by atoms with Crippen molar-refractivity contribution >= 4 is 17.4 Å². The molecule has 7 nitrogen and oxygen atoms in total. The zero-order valence-electron chi connectivity index (χ0n) is 13.3. The van der Waals surface area contributed by atoms with Crippen molar-refractivity contribution < 1.29 is 0 Å². The molecule has 1 saturated carbocycles. The summed E-state index contributed by atoms with van der Waals surface area (Å²) >= 11 is 0. The van der Waals surface area contributed by atoms with E-state index in [9.17, 15) is 0 Å². The van der Waals surface area contributed by atoms with Gasteiger partial charge < -0.3 is 10.2 Å². The number of imidazole rings is 1. The predicted octanol–water partition coefficient (Wildman–Crippen LogP) is 2.09. The molecule has 1 aliphatic heterocycles. The van der Waals surface area contributed by atoms with E-state index >= 15 is 0 Å². The number of anilines is 2. The van der Waals surface area contributed by atoms with Crippen molar-refractivity contribution in [2.45, 2.75) is 31.2 Å². The van der Waals surface area contributed by atoms with Gasteiger partial charge in [-0.1, -0.05) is 0 Å². The topological polar surface area (TPSA) is 71.2 Å². The van der Waals surface area contributed by atoms with E-state index in [2.05, 4.69) is 31.3 Å². The number of aromatic nitrogens is 5. The maximum atomic E-state index is 4.75. The minimum atomic E-state index is 0.353. The Morgan fingerprint density at radius 3 is 2.92 bits per heavy atom. The summed E-state index contributed by atoms with van der Waals surface area (Å²) in [5.74, 6) is 2.40. The van der Waals surface area contributed by atoms with Crippen LogP contribution < -0.4 is 10.2 Å². The van der Waals surface area contributed by atoms with Crippen LogP contribution in [0.4, 0.5) is 11.8 Å². The fraction of sp³-hybridized carbons (Fsp3) is 0.412. The highest BCUT2D eigenvalue weighted by Crippen LogP contribution is 2.39. The van der Waals surface area contributed by atoms with Crippen LogP contribution in [-0.4, -0.2) is 43.7 Å². The van der Waals surface area contributed by atoms with E-state index in [0.717, 1.165) is 36.9 Å². The highest BCUT2D eigenvalue weighted by molar-refractivity contribution is 5.45. The second-order valence-electron chi connectivity index (χ2n) is 6.58. The zero-order valence-corrected chi connectivity index (χ0v) is 13.3. The molecule has 0 spiro atoms. The number of nitrogens with one attached hydrogen (secondary N) is 1. The van der Waals surface area contributed by atoms with E-state index < -0.39 is 0 Å². The van der Waals surface area contributed by atoms with Crippen LogP contribution in [0.3, 0.4) is 0 Å². The first-order valence-corrected chi connectivity index (χ1v) is 8.50. The quantitative estimate of drug-likeness (QED) is 0.793. The molecule has 1 aliphatic carbocycles. The van der Waals surface area contributed by atoms with E-state index in [0.29, 0.717) is 12.0 Å². The van der Waals surface area contributed by atoms with E-state index in [1.807, 2.05) is 24.5 Å². The maximum Gasteiger partial charge on any atom is 0.225 e. The number of hydrogen-bond acceptors (Lipinski definition) is 6. The van der Waals surface area contributed by atoms with Gasteiger partial charge in [0.1, 0.15) is 5.82 Å². The van der Waals surface area contributed by atoms with Crippen LogP contribution in [0.5, 0.6) is 0 Å². The molecule has 0 radical (unpaired) electrons. The molecule has 2 aliphatic rings. The second kappa shape index (κ2) is 5.43. The molecule has 122 valence electrons. The molecule has 24 heavy (non-hydrogen) atoms. The number of rotatable bonds is 4. The summed E-state index contributed by atoms with van der Waals surface area (Å²) < 4.78 is 1.79. The van der Waals surface area contributed by atoms with Crippen LogP contribution in [-0.2, 0) is 0 Å². The van der Waals surface area contributed by atoms with Gasteiger partial charge in [0.25, 0.3) is 0 Å². The standard InChI is InChI=1S/C17H19N7/c1-2-12(1)14-5-7-19-17(21-14)23-9-6-13(11-23)20-15-3-4-16-18-8-10-24(16)22-15/h3-5,7-8,10,12-13H,1-2,6,9,11H2,(H,20,22). The molecule has 3 aromatic rings. The van der Waals surface area contributed by atoms with Crippen LogP contribution in [0.15, 0.2) is 36.8 Å². The lowest BCUT2D eigenvalue weighted by molar-refractivity contribution is 0.785. The van der Waals surface area contributed by atoms with Gasteiger partial charge in [-0.3, -0.25) is 0 Å². The van der Waals surface area contributed by atoms with Crippen LogP contribution >= 0.6 is 0 Å². The van der Waals surface area contributed by atoms with Gasteiger partial charge in [-0.15, -0.1) is 5.10 Å². The van der Waals surface area contributed by atoms with Gasteiger partial charge in [-0.2, -0.15) is 0 Å². The van der Waals surface area contributed by atoms with E-state index in [1.165, 1.54) is 18.5 Å².